The van der Waals surface area contributed by atoms with E-state index >= 15 is 0 Å². The van der Waals surface area contributed by atoms with Gasteiger partial charge in [-0.25, -0.2) is 4.79 Å². The van der Waals surface area contributed by atoms with Gasteiger partial charge >= 0.3 is 12.0 Å². The second-order valence-electron chi connectivity index (χ2n) is 7.36. The van der Waals surface area contributed by atoms with Gasteiger partial charge in [-0.05, 0) is 35.7 Å². The van der Waals surface area contributed by atoms with Crippen LogP contribution < -0.4 is 20.1 Å². The molecule has 0 saturated carbocycles. The third-order valence-corrected chi connectivity index (χ3v) is 5.91. The van der Waals surface area contributed by atoms with Crippen molar-refractivity contribution in [3.05, 3.63) is 54.1 Å². The number of fused-ring (bicyclic) bond motifs is 1. The largest absolute Gasteiger partial charge is 0.481 e. The maximum Gasteiger partial charge on any atom is 0.315 e. The third-order valence-electron chi connectivity index (χ3n) is 4.78. The summed E-state index contributed by atoms with van der Waals surface area (Å²) >= 11 is 1.67. The van der Waals surface area contributed by atoms with Crippen LogP contribution in [0, 0.1) is 5.92 Å². The van der Waals surface area contributed by atoms with Gasteiger partial charge in [-0.2, -0.15) is 0 Å². The van der Waals surface area contributed by atoms with E-state index in [1.54, 1.807) is 30.0 Å². The number of carbonyl (C=O) groups is 2. The first kappa shape index (κ1) is 21.8. The van der Waals surface area contributed by atoms with E-state index in [0.29, 0.717) is 22.8 Å². The standard InChI is InChI=1S/C22H26N2O5S/c1-14(2)18(12-30-16-6-4-3-5-7-16)24-22(27)23-17(11-21(25)26)15-8-9-19-20(10-15)29-13-28-19/h3-10,14,17-18H,11-13H2,1-2H3,(H,25,26)(H2,23,24,27)/t17-,18+/m0/s1. The Kier molecular flexibility index (Phi) is 7.46. The van der Waals surface area contributed by atoms with E-state index < -0.39 is 18.0 Å². The smallest absolute Gasteiger partial charge is 0.315 e. The monoisotopic (exact) mass is 430 g/mol. The molecule has 0 bridgehead atoms. The Hall–Kier alpha value is -2.87. The summed E-state index contributed by atoms with van der Waals surface area (Å²) < 4.78 is 10.7. The van der Waals surface area contributed by atoms with Crippen LogP contribution in [0.25, 0.3) is 0 Å². The average Bonchev–Trinajstić information content (AvgIpc) is 3.18. The Morgan fingerprint density at radius 1 is 1.07 bits per heavy atom. The summed E-state index contributed by atoms with van der Waals surface area (Å²) in [4.78, 5) is 25.2. The molecule has 8 heteroatoms. The molecule has 2 aromatic rings. The quantitative estimate of drug-likeness (QED) is 0.520. The molecule has 2 atom stereocenters. The van der Waals surface area contributed by atoms with Gasteiger partial charge < -0.3 is 25.2 Å². The molecule has 2 aromatic carbocycles. The Bertz CT molecular complexity index is 875. The lowest BCUT2D eigenvalue weighted by Gasteiger charge is -2.25. The van der Waals surface area contributed by atoms with Crippen molar-refractivity contribution in [1.82, 2.24) is 10.6 Å². The van der Waals surface area contributed by atoms with Crippen LogP contribution in [0.2, 0.25) is 0 Å². The zero-order chi connectivity index (χ0) is 21.5. The number of rotatable bonds is 9. The molecule has 3 rings (SSSR count). The summed E-state index contributed by atoms with van der Waals surface area (Å²) in [6.07, 6.45) is -0.238. The van der Waals surface area contributed by atoms with Gasteiger partial charge in [0.25, 0.3) is 0 Å². The van der Waals surface area contributed by atoms with Crippen LogP contribution in [0.4, 0.5) is 4.79 Å². The van der Waals surface area contributed by atoms with E-state index in [1.807, 2.05) is 44.2 Å². The second-order valence-corrected chi connectivity index (χ2v) is 8.45. The Labute approximate surface area is 180 Å². The summed E-state index contributed by atoms with van der Waals surface area (Å²) in [6.45, 7) is 4.22. The highest BCUT2D eigenvalue weighted by Gasteiger charge is 2.23. The summed E-state index contributed by atoms with van der Waals surface area (Å²) in [5.41, 5.74) is 0.650. The Morgan fingerprint density at radius 3 is 2.50 bits per heavy atom. The van der Waals surface area contributed by atoms with Crippen molar-refractivity contribution in [2.24, 2.45) is 5.92 Å². The number of carbonyl (C=O) groups excluding carboxylic acids is 1. The number of ether oxygens (including phenoxy) is 2. The molecule has 0 saturated heterocycles. The van der Waals surface area contributed by atoms with Gasteiger partial charge in [0.2, 0.25) is 6.79 Å². The van der Waals surface area contributed by atoms with E-state index in [1.165, 1.54) is 0 Å². The first-order valence-electron chi connectivity index (χ1n) is 9.78. The van der Waals surface area contributed by atoms with E-state index in [4.69, 9.17) is 9.47 Å². The SMILES string of the molecule is CC(C)[C@@H](CSc1ccccc1)NC(=O)N[C@@H](CC(=O)O)c1ccc2c(c1)OCO2. The fourth-order valence-electron chi connectivity index (χ4n) is 3.03. The molecular formula is C22H26N2O5S. The number of carboxylic acids is 1. The molecular weight excluding hydrogens is 404 g/mol. The van der Waals surface area contributed by atoms with Gasteiger partial charge in [0, 0.05) is 16.7 Å². The molecule has 1 aliphatic heterocycles. The average molecular weight is 431 g/mol. The number of carboxylic acid groups (broad SMARTS) is 1. The van der Waals surface area contributed by atoms with Crippen LogP contribution in [-0.2, 0) is 4.79 Å². The minimum Gasteiger partial charge on any atom is -0.481 e. The maximum absolute atomic E-state index is 12.7. The molecule has 30 heavy (non-hydrogen) atoms. The maximum atomic E-state index is 12.7. The normalized spacial score (nSPS) is 14.2. The van der Waals surface area contributed by atoms with E-state index in [0.717, 1.165) is 4.90 Å². The summed E-state index contributed by atoms with van der Waals surface area (Å²) in [5.74, 6) is 1.08. The topological polar surface area (TPSA) is 96.9 Å². The number of urea groups is 1. The molecule has 3 N–H and O–H groups in total. The van der Waals surface area contributed by atoms with Gasteiger partial charge in [-0.3, -0.25) is 4.79 Å². The Balaban J connectivity index is 1.64. The molecule has 160 valence electrons. The van der Waals surface area contributed by atoms with Gasteiger partial charge in [0.1, 0.15) is 0 Å². The molecule has 0 aromatic heterocycles. The van der Waals surface area contributed by atoms with Crippen molar-refractivity contribution in [3.63, 3.8) is 0 Å². The van der Waals surface area contributed by atoms with Crippen LogP contribution in [0.1, 0.15) is 31.9 Å². The van der Waals surface area contributed by atoms with Crippen molar-refractivity contribution < 1.29 is 24.2 Å². The highest BCUT2D eigenvalue weighted by atomic mass is 32.2. The highest BCUT2D eigenvalue weighted by Crippen LogP contribution is 2.34. The molecule has 1 aliphatic rings. The third kappa shape index (κ3) is 6.06. The fourth-order valence-corrected chi connectivity index (χ4v) is 4.22. The van der Waals surface area contributed by atoms with Gasteiger partial charge in [-0.1, -0.05) is 38.1 Å². The molecule has 0 aliphatic carbocycles. The van der Waals surface area contributed by atoms with Gasteiger partial charge in [0.15, 0.2) is 11.5 Å². The van der Waals surface area contributed by atoms with Gasteiger partial charge in [-0.15, -0.1) is 11.8 Å². The highest BCUT2D eigenvalue weighted by molar-refractivity contribution is 7.99. The number of nitrogens with one attached hydrogen (secondary N) is 2. The predicted octanol–water partition coefficient (Wildman–Crippen LogP) is 4.05. The van der Waals surface area contributed by atoms with Crippen LogP contribution in [0.15, 0.2) is 53.4 Å². The molecule has 2 amide bonds. The molecule has 0 unspecified atom stereocenters. The minimum atomic E-state index is -1.00. The first-order valence-corrected chi connectivity index (χ1v) is 10.8. The van der Waals surface area contributed by atoms with E-state index in [-0.39, 0.29) is 25.2 Å². The van der Waals surface area contributed by atoms with E-state index in [9.17, 15) is 14.7 Å². The lowest BCUT2D eigenvalue weighted by atomic mass is 10.0. The number of thioether (sulfide) groups is 1. The van der Waals surface area contributed by atoms with E-state index in [2.05, 4.69) is 10.6 Å². The van der Waals surface area contributed by atoms with Crippen molar-refractivity contribution in [3.8, 4) is 11.5 Å². The fraction of sp³-hybridized carbons (Fsp3) is 0.364. The first-order chi connectivity index (χ1) is 14.4. The Morgan fingerprint density at radius 2 is 1.80 bits per heavy atom. The van der Waals surface area contributed by atoms with Crippen LogP contribution in [-0.4, -0.2) is 35.7 Å². The molecule has 1 heterocycles. The zero-order valence-electron chi connectivity index (χ0n) is 17.0. The molecule has 0 spiro atoms. The lowest BCUT2D eigenvalue weighted by Crippen LogP contribution is -2.47. The number of amides is 2. The van der Waals surface area contributed by atoms with Crippen LogP contribution in [0.5, 0.6) is 11.5 Å². The van der Waals surface area contributed by atoms with Crippen molar-refractivity contribution in [2.45, 2.75) is 37.2 Å². The number of benzene rings is 2. The summed E-state index contributed by atoms with van der Waals surface area (Å²) in [7, 11) is 0. The van der Waals surface area contributed by atoms with Crippen molar-refractivity contribution in [2.75, 3.05) is 12.5 Å². The van der Waals surface area contributed by atoms with Gasteiger partial charge in [0.05, 0.1) is 12.5 Å². The zero-order valence-corrected chi connectivity index (χ0v) is 17.8. The second kappa shape index (κ2) is 10.2. The van der Waals surface area contributed by atoms with Crippen LogP contribution in [0.3, 0.4) is 0 Å². The summed E-state index contributed by atoms with van der Waals surface area (Å²) in [5, 5.41) is 15.1. The van der Waals surface area contributed by atoms with Crippen molar-refractivity contribution >= 4 is 23.8 Å². The molecule has 0 fully saturated rings. The lowest BCUT2D eigenvalue weighted by molar-refractivity contribution is -0.137. The molecule has 0 radical (unpaired) electrons. The number of hydrogen-bond acceptors (Lipinski definition) is 5. The van der Waals surface area contributed by atoms with Crippen LogP contribution >= 0.6 is 11.8 Å². The summed E-state index contributed by atoms with van der Waals surface area (Å²) in [6, 6.07) is 14.0. The predicted molar refractivity (Wildman–Crippen MR) is 115 cm³/mol. The minimum absolute atomic E-state index is 0.0718. The molecule has 7 nitrogen and oxygen atoms in total. The number of aliphatic carboxylic acids is 1. The number of hydrogen-bond donors (Lipinski definition) is 3. The van der Waals surface area contributed by atoms with Crippen molar-refractivity contribution in [1.29, 1.82) is 0 Å².